The number of likely N-dealkylation sites (N-methyl/N-ethyl adjacent to an activating group) is 1. The van der Waals surface area contributed by atoms with Gasteiger partial charge in [0.15, 0.2) is 0 Å². The van der Waals surface area contributed by atoms with Crippen molar-refractivity contribution in [1.29, 1.82) is 0 Å². The predicted molar refractivity (Wildman–Crippen MR) is 118 cm³/mol. The zero-order chi connectivity index (χ0) is 19.2. The SMILES string of the molecule is CN1CCN(CCCNCc2cc3ccccc3nc2N2CCCCC2)CC1. The molecule has 0 saturated carbocycles. The fourth-order valence-corrected chi connectivity index (χ4v) is 4.38. The van der Waals surface area contributed by atoms with Crippen molar-refractivity contribution in [2.45, 2.75) is 32.2 Å². The van der Waals surface area contributed by atoms with Crippen molar-refractivity contribution in [3.05, 3.63) is 35.9 Å². The minimum absolute atomic E-state index is 0.909. The summed E-state index contributed by atoms with van der Waals surface area (Å²) < 4.78 is 0. The van der Waals surface area contributed by atoms with E-state index in [0.29, 0.717) is 0 Å². The van der Waals surface area contributed by atoms with Crippen molar-refractivity contribution >= 4 is 16.7 Å². The number of piperazine rings is 1. The van der Waals surface area contributed by atoms with Crippen LogP contribution in [0.2, 0.25) is 0 Å². The Kier molecular flexibility index (Phi) is 6.78. The van der Waals surface area contributed by atoms with E-state index in [-0.39, 0.29) is 0 Å². The number of pyridine rings is 1. The highest BCUT2D eigenvalue weighted by Gasteiger charge is 2.17. The lowest BCUT2D eigenvalue weighted by molar-refractivity contribution is 0.153. The van der Waals surface area contributed by atoms with Gasteiger partial charge in [-0.1, -0.05) is 18.2 Å². The minimum Gasteiger partial charge on any atom is -0.356 e. The lowest BCUT2D eigenvalue weighted by atomic mass is 10.1. The molecule has 2 aliphatic rings. The highest BCUT2D eigenvalue weighted by Crippen LogP contribution is 2.26. The summed E-state index contributed by atoms with van der Waals surface area (Å²) >= 11 is 0. The zero-order valence-corrected chi connectivity index (χ0v) is 17.4. The number of hydrogen-bond donors (Lipinski definition) is 1. The van der Waals surface area contributed by atoms with E-state index in [1.165, 1.54) is 75.2 Å². The number of hydrogen-bond acceptors (Lipinski definition) is 5. The van der Waals surface area contributed by atoms with Crippen LogP contribution >= 0.6 is 0 Å². The van der Waals surface area contributed by atoms with Gasteiger partial charge in [-0.2, -0.15) is 0 Å². The fraction of sp³-hybridized carbons (Fsp3) is 0.609. The van der Waals surface area contributed by atoms with Gasteiger partial charge in [-0.15, -0.1) is 0 Å². The van der Waals surface area contributed by atoms with Crippen LogP contribution in [0.5, 0.6) is 0 Å². The van der Waals surface area contributed by atoms with Crippen molar-refractivity contribution in [2.24, 2.45) is 0 Å². The second-order valence-electron chi connectivity index (χ2n) is 8.39. The van der Waals surface area contributed by atoms with E-state index >= 15 is 0 Å². The number of piperidine rings is 1. The molecule has 0 atom stereocenters. The quantitative estimate of drug-likeness (QED) is 0.746. The smallest absolute Gasteiger partial charge is 0.133 e. The number of nitrogens with zero attached hydrogens (tertiary/aromatic N) is 4. The average molecular weight is 382 g/mol. The Morgan fingerprint density at radius 1 is 0.964 bits per heavy atom. The molecule has 5 heteroatoms. The van der Waals surface area contributed by atoms with Crippen LogP contribution in [0.4, 0.5) is 5.82 Å². The first-order chi connectivity index (χ1) is 13.8. The van der Waals surface area contributed by atoms with Crippen LogP contribution in [-0.2, 0) is 6.54 Å². The lowest BCUT2D eigenvalue weighted by Gasteiger charge is -2.32. The first kappa shape index (κ1) is 19.6. The Labute approximate surface area is 169 Å². The topological polar surface area (TPSA) is 34.6 Å². The van der Waals surface area contributed by atoms with Crippen molar-refractivity contribution in [3.63, 3.8) is 0 Å². The second-order valence-corrected chi connectivity index (χ2v) is 8.39. The highest BCUT2D eigenvalue weighted by molar-refractivity contribution is 5.81. The summed E-state index contributed by atoms with van der Waals surface area (Å²) in [5, 5.41) is 4.94. The molecule has 152 valence electrons. The van der Waals surface area contributed by atoms with Crippen LogP contribution in [0.1, 0.15) is 31.2 Å². The summed E-state index contributed by atoms with van der Waals surface area (Å²) in [4.78, 5) is 12.6. The summed E-state index contributed by atoms with van der Waals surface area (Å²) in [6, 6.07) is 10.9. The van der Waals surface area contributed by atoms with Crippen LogP contribution in [0.15, 0.2) is 30.3 Å². The largest absolute Gasteiger partial charge is 0.356 e. The number of anilines is 1. The molecule has 0 amide bonds. The first-order valence-electron chi connectivity index (χ1n) is 11.0. The minimum atomic E-state index is 0.909. The molecule has 2 aliphatic heterocycles. The van der Waals surface area contributed by atoms with Gasteiger partial charge in [0, 0.05) is 56.8 Å². The molecule has 1 aromatic heterocycles. The van der Waals surface area contributed by atoms with E-state index in [4.69, 9.17) is 4.98 Å². The molecular weight excluding hydrogens is 346 g/mol. The van der Waals surface area contributed by atoms with Gasteiger partial charge in [0.2, 0.25) is 0 Å². The van der Waals surface area contributed by atoms with E-state index in [1.54, 1.807) is 0 Å². The maximum absolute atomic E-state index is 5.05. The lowest BCUT2D eigenvalue weighted by Crippen LogP contribution is -2.45. The van der Waals surface area contributed by atoms with Gasteiger partial charge < -0.3 is 20.0 Å². The third-order valence-corrected chi connectivity index (χ3v) is 6.17. The van der Waals surface area contributed by atoms with E-state index in [9.17, 15) is 0 Å². The number of nitrogens with one attached hydrogen (secondary N) is 1. The number of para-hydroxylation sites is 1. The molecule has 2 saturated heterocycles. The molecule has 3 heterocycles. The standard InChI is InChI=1S/C23H35N5/c1-26-14-16-27(17-15-26)11-7-10-24-19-21-18-20-8-3-4-9-22(20)25-23(21)28-12-5-2-6-13-28/h3-4,8-9,18,24H,2,5-7,10-17,19H2,1H3. The van der Waals surface area contributed by atoms with Gasteiger partial charge in [0.1, 0.15) is 5.82 Å². The van der Waals surface area contributed by atoms with Crippen LogP contribution in [0.3, 0.4) is 0 Å². The van der Waals surface area contributed by atoms with E-state index in [0.717, 1.165) is 31.7 Å². The molecule has 1 aromatic carbocycles. The summed E-state index contributed by atoms with van der Waals surface area (Å²) in [5.74, 6) is 1.20. The van der Waals surface area contributed by atoms with E-state index < -0.39 is 0 Å². The summed E-state index contributed by atoms with van der Waals surface area (Å²) in [6.07, 6.45) is 5.13. The molecule has 0 bridgehead atoms. The Morgan fingerprint density at radius 2 is 1.75 bits per heavy atom. The van der Waals surface area contributed by atoms with Crippen LogP contribution in [-0.4, -0.2) is 74.2 Å². The molecule has 5 nitrogen and oxygen atoms in total. The number of rotatable bonds is 7. The Bertz CT molecular complexity index is 748. The molecule has 0 aliphatic carbocycles. The maximum atomic E-state index is 5.05. The van der Waals surface area contributed by atoms with Gasteiger partial charge in [0.05, 0.1) is 5.52 Å². The van der Waals surface area contributed by atoms with E-state index in [2.05, 4.69) is 57.4 Å². The maximum Gasteiger partial charge on any atom is 0.133 e. The summed E-state index contributed by atoms with van der Waals surface area (Å²) in [6.45, 7) is 10.3. The van der Waals surface area contributed by atoms with Crippen molar-refractivity contribution in [3.8, 4) is 0 Å². The molecule has 4 rings (SSSR count). The Morgan fingerprint density at radius 3 is 2.57 bits per heavy atom. The zero-order valence-electron chi connectivity index (χ0n) is 17.4. The van der Waals surface area contributed by atoms with Gasteiger partial charge in [-0.05, 0) is 58.0 Å². The molecule has 2 aromatic rings. The number of aromatic nitrogens is 1. The third-order valence-electron chi connectivity index (χ3n) is 6.17. The van der Waals surface area contributed by atoms with Gasteiger partial charge in [-0.3, -0.25) is 0 Å². The molecule has 1 N–H and O–H groups in total. The Balaban J connectivity index is 1.35. The third kappa shape index (κ3) is 5.02. The summed E-state index contributed by atoms with van der Waals surface area (Å²) in [5.41, 5.74) is 2.46. The second kappa shape index (κ2) is 9.68. The predicted octanol–water partition coefficient (Wildman–Crippen LogP) is 2.95. The van der Waals surface area contributed by atoms with Crippen molar-refractivity contribution < 1.29 is 0 Å². The van der Waals surface area contributed by atoms with Crippen molar-refractivity contribution in [1.82, 2.24) is 20.1 Å². The fourth-order valence-electron chi connectivity index (χ4n) is 4.38. The molecule has 0 spiro atoms. The summed E-state index contributed by atoms with van der Waals surface area (Å²) in [7, 11) is 2.22. The number of benzene rings is 1. The van der Waals surface area contributed by atoms with Crippen LogP contribution < -0.4 is 10.2 Å². The molecule has 0 radical (unpaired) electrons. The monoisotopic (exact) mass is 381 g/mol. The Hall–Kier alpha value is -1.69. The molecule has 0 unspecified atom stereocenters. The number of fused-ring (bicyclic) bond motifs is 1. The molecule has 2 fully saturated rings. The first-order valence-corrected chi connectivity index (χ1v) is 11.0. The average Bonchev–Trinajstić information content (AvgIpc) is 2.75. The van der Waals surface area contributed by atoms with Crippen molar-refractivity contribution in [2.75, 3.05) is 64.3 Å². The highest BCUT2D eigenvalue weighted by atomic mass is 15.2. The van der Waals surface area contributed by atoms with Gasteiger partial charge in [-0.25, -0.2) is 4.98 Å². The van der Waals surface area contributed by atoms with Crippen LogP contribution in [0.25, 0.3) is 10.9 Å². The molecular formula is C23H35N5. The van der Waals surface area contributed by atoms with Crippen LogP contribution in [0, 0.1) is 0 Å². The van der Waals surface area contributed by atoms with Gasteiger partial charge in [0.25, 0.3) is 0 Å². The molecule has 28 heavy (non-hydrogen) atoms. The normalized spacial score (nSPS) is 19.4. The van der Waals surface area contributed by atoms with Gasteiger partial charge >= 0.3 is 0 Å². The van der Waals surface area contributed by atoms with E-state index in [1.807, 2.05) is 0 Å².